The Bertz CT molecular complexity index is 717. The zero-order valence-corrected chi connectivity index (χ0v) is 13.8. The summed E-state index contributed by atoms with van der Waals surface area (Å²) in [5.74, 6) is 0.561. The summed E-state index contributed by atoms with van der Waals surface area (Å²) >= 11 is 0. The van der Waals surface area contributed by atoms with Crippen LogP contribution in [0.2, 0.25) is 0 Å². The number of methoxy groups -OCH3 is 1. The van der Waals surface area contributed by atoms with Gasteiger partial charge in [0.15, 0.2) is 0 Å². The van der Waals surface area contributed by atoms with Gasteiger partial charge in [-0.3, -0.25) is 4.90 Å². The highest BCUT2D eigenvalue weighted by molar-refractivity contribution is 5.48. The van der Waals surface area contributed by atoms with Crippen LogP contribution in [0, 0.1) is 12.7 Å². The van der Waals surface area contributed by atoms with Gasteiger partial charge in [-0.2, -0.15) is 0 Å². The molecule has 1 aliphatic rings. The van der Waals surface area contributed by atoms with Gasteiger partial charge in [-0.05, 0) is 43.3 Å². The highest BCUT2D eigenvalue weighted by Crippen LogP contribution is 2.41. The van der Waals surface area contributed by atoms with Gasteiger partial charge >= 0.3 is 0 Å². The van der Waals surface area contributed by atoms with Crippen molar-refractivity contribution in [1.82, 2.24) is 4.90 Å². The van der Waals surface area contributed by atoms with E-state index in [-0.39, 0.29) is 17.8 Å². The van der Waals surface area contributed by atoms with E-state index in [1.165, 1.54) is 22.8 Å². The van der Waals surface area contributed by atoms with Crippen LogP contribution >= 0.6 is 0 Å². The lowest BCUT2D eigenvalue weighted by atomic mass is 9.80. The number of halogens is 1. The largest absolute Gasteiger partial charge is 0.496 e. The lowest BCUT2D eigenvalue weighted by molar-refractivity contribution is 0.222. The number of rotatable bonds is 3. The van der Waals surface area contributed by atoms with Crippen molar-refractivity contribution in [2.75, 3.05) is 27.2 Å². The summed E-state index contributed by atoms with van der Waals surface area (Å²) in [6.07, 6.45) is 0. The van der Waals surface area contributed by atoms with Gasteiger partial charge < -0.3 is 10.5 Å². The molecule has 0 saturated heterocycles. The Morgan fingerprint density at radius 3 is 2.65 bits per heavy atom. The van der Waals surface area contributed by atoms with E-state index in [0.717, 1.165) is 17.9 Å². The van der Waals surface area contributed by atoms with E-state index in [9.17, 15) is 4.39 Å². The second-order valence-electron chi connectivity index (χ2n) is 6.26. The van der Waals surface area contributed by atoms with Crippen molar-refractivity contribution >= 4 is 0 Å². The summed E-state index contributed by atoms with van der Waals surface area (Å²) in [5, 5.41) is 0. The average Bonchev–Trinajstić information content (AvgIpc) is 2.54. The first kappa shape index (κ1) is 16.0. The molecule has 2 aromatic carbocycles. The van der Waals surface area contributed by atoms with Gasteiger partial charge in [-0.15, -0.1) is 0 Å². The number of hydrogen-bond donors (Lipinski definition) is 1. The SMILES string of the molecule is COc1ccc(F)cc1C1CN(C)C(CN)c2ccc(C)cc21. The molecule has 2 N–H and O–H groups in total. The molecular formula is C19H23FN2O. The first-order valence-electron chi connectivity index (χ1n) is 7.89. The Morgan fingerprint density at radius 1 is 1.17 bits per heavy atom. The second kappa shape index (κ2) is 6.30. The van der Waals surface area contributed by atoms with Gasteiger partial charge in [0, 0.05) is 30.6 Å². The fraction of sp³-hybridized carbons (Fsp3) is 0.368. The van der Waals surface area contributed by atoms with Gasteiger partial charge in [0.05, 0.1) is 7.11 Å². The topological polar surface area (TPSA) is 38.5 Å². The molecule has 0 spiro atoms. The number of hydrogen-bond acceptors (Lipinski definition) is 3. The maximum Gasteiger partial charge on any atom is 0.123 e. The quantitative estimate of drug-likeness (QED) is 0.945. The Hall–Kier alpha value is -1.91. The van der Waals surface area contributed by atoms with Crippen LogP contribution in [0.4, 0.5) is 4.39 Å². The first-order valence-corrected chi connectivity index (χ1v) is 7.89. The summed E-state index contributed by atoms with van der Waals surface area (Å²) in [4.78, 5) is 2.24. The third-order valence-corrected chi connectivity index (χ3v) is 4.77. The monoisotopic (exact) mass is 314 g/mol. The summed E-state index contributed by atoms with van der Waals surface area (Å²) in [7, 11) is 3.70. The lowest BCUT2D eigenvalue weighted by Gasteiger charge is -2.39. The smallest absolute Gasteiger partial charge is 0.123 e. The number of benzene rings is 2. The maximum atomic E-state index is 13.8. The molecule has 23 heavy (non-hydrogen) atoms. The number of aryl methyl sites for hydroxylation is 1. The standard InChI is InChI=1S/C19H23FN2O/c1-12-4-6-14-15(8-12)17(11-22(2)18(14)10-21)16-9-13(20)5-7-19(16)23-3/h4-9,17-18H,10-11,21H2,1-3H3. The van der Waals surface area contributed by atoms with Crippen molar-refractivity contribution in [1.29, 1.82) is 0 Å². The van der Waals surface area contributed by atoms with Crippen LogP contribution in [0.15, 0.2) is 36.4 Å². The normalized spacial score (nSPS) is 21.1. The van der Waals surface area contributed by atoms with Crippen LogP contribution in [0.1, 0.15) is 34.2 Å². The molecule has 2 atom stereocenters. The van der Waals surface area contributed by atoms with E-state index in [4.69, 9.17) is 10.5 Å². The van der Waals surface area contributed by atoms with E-state index in [1.807, 2.05) is 0 Å². The molecule has 1 heterocycles. The minimum absolute atomic E-state index is 0.0725. The van der Waals surface area contributed by atoms with E-state index < -0.39 is 0 Å². The Labute approximate surface area is 136 Å². The highest BCUT2D eigenvalue weighted by atomic mass is 19.1. The molecule has 1 aliphatic heterocycles. The number of likely N-dealkylation sites (N-methyl/N-ethyl adjacent to an activating group) is 1. The third-order valence-electron chi connectivity index (χ3n) is 4.77. The number of nitrogens with two attached hydrogens (primary N) is 1. The molecular weight excluding hydrogens is 291 g/mol. The van der Waals surface area contributed by atoms with Gasteiger partial charge in [-0.1, -0.05) is 23.8 Å². The number of fused-ring (bicyclic) bond motifs is 1. The van der Waals surface area contributed by atoms with Gasteiger partial charge in [-0.25, -0.2) is 4.39 Å². The molecule has 3 rings (SSSR count). The highest BCUT2D eigenvalue weighted by Gasteiger charge is 2.32. The zero-order chi connectivity index (χ0) is 16.6. The first-order chi connectivity index (χ1) is 11.0. The molecule has 0 radical (unpaired) electrons. The van der Waals surface area contributed by atoms with Crippen LogP contribution < -0.4 is 10.5 Å². The molecule has 2 aromatic rings. The minimum atomic E-state index is -0.237. The zero-order valence-electron chi connectivity index (χ0n) is 13.8. The van der Waals surface area contributed by atoms with Crippen molar-refractivity contribution < 1.29 is 9.13 Å². The number of nitrogens with zero attached hydrogens (tertiary/aromatic N) is 1. The summed E-state index contributed by atoms with van der Waals surface area (Å²) in [6, 6.07) is 11.4. The maximum absolute atomic E-state index is 13.8. The van der Waals surface area contributed by atoms with Crippen LogP contribution in [0.3, 0.4) is 0 Å². The van der Waals surface area contributed by atoms with Crippen LogP contribution in [0.25, 0.3) is 0 Å². The molecule has 0 amide bonds. The molecule has 0 bridgehead atoms. The lowest BCUT2D eigenvalue weighted by Crippen LogP contribution is -2.39. The molecule has 0 aliphatic carbocycles. The van der Waals surface area contributed by atoms with E-state index in [0.29, 0.717) is 6.54 Å². The molecule has 2 unspecified atom stereocenters. The van der Waals surface area contributed by atoms with E-state index in [2.05, 4.69) is 37.1 Å². The van der Waals surface area contributed by atoms with Crippen molar-refractivity contribution in [3.63, 3.8) is 0 Å². The van der Waals surface area contributed by atoms with Crippen LogP contribution in [-0.2, 0) is 0 Å². The van der Waals surface area contributed by atoms with Crippen molar-refractivity contribution in [2.24, 2.45) is 5.73 Å². The summed E-state index contributed by atoms with van der Waals surface area (Å²) < 4.78 is 19.3. The number of ether oxygens (including phenoxy) is 1. The molecule has 0 aromatic heterocycles. The van der Waals surface area contributed by atoms with Crippen molar-refractivity contribution in [3.8, 4) is 5.75 Å². The third kappa shape index (κ3) is 2.84. The molecule has 4 heteroatoms. The molecule has 0 fully saturated rings. The van der Waals surface area contributed by atoms with Crippen molar-refractivity contribution in [3.05, 3.63) is 64.5 Å². The van der Waals surface area contributed by atoms with Crippen molar-refractivity contribution in [2.45, 2.75) is 18.9 Å². The minimum Gasteiger partial charge on any atom is -0.496 e. The summed E-state index contributed by atoms with van der Waals surface area (Å²) in [6.45, 7) is 3.44. The van der Waals surface area contributed by atoms with Gasteiger partial charge in [0.25, 0.3) is 0 Å². The summed E-state index contributed by atoms with van der Waals surface area (Å²) in [5.41, 5.74) is 10.5. The van der Waals surface area contributed by atoms with Gasteiger partial charge in [0.1, 0.15) is 11.6 Å². The fourth-order valence-corrected chi connectivity index (χ4v) is 3.60. The Kier molecular flexibility index (Phi) is 4.37. The second-order valence-corrected chi connectivity index (χ2v) is 6.26. The van der Waals surface area contributed by atoms with E-state index in [1.54, 1.807) is 19.2 Å². The Balaban J connectivity index is 2.17. The molecule has 0 saturated carbocycles. The van der Waals surface area contributed by atoms with Gasteiger partial charge in [0.2, 0.25) is 0 Å². The van der Waals surface area contributed by atoms with E-state index >= 15 is 0 Å². The molecule has 3 nitrogen and oxygen atoms in total. The Morgan fingerprint density at radius 2 is 1.96 bits per heavy atom. The van der Waals surface area contributed by atoms with Crippen LogP contribution in [0.5, 0.6) is 5.75 Å². The fourth-order valence-electron chi connectivity index (χ4n) is 3.60. The molecule has 122 valence electrons. The van der Waals surface area contributed by atoms with Crippen LogP contribution in [-0.4, -0.2) is 32.1 Å². The predicted octanol–water partition coefficient (Wildman–Crippen LogP) is 3.22. The average molecular weight is 314 g/mol. The predicted molar refractivity (Wildman–Crippen MR) is 90.4 cm³/mol.